The monoisotopic (exact) mass is 319 g/mol. The summed E-state index contributed by atoms with van der Waals surface area (Å²) >= 11 is 2.60. The van der Waals surface area contributed by atoms with Crippen molar-refractivity contribution in [3.05, 3.63) is 21.8 Å². The summed E-state index contributed by atoms with van der Waals surface area (Å²) in [4.78, 5) is 13.5. The lowest BCUT2D eigenvalue weighted by Gasteiger charge is -2.13. The molecule has 0 aliphatic rings. The van der Waals surface area contributed by atoms with Crippen molar-refractivity contribution in [2.75, 3.05) is 0 Å². The molecular formula is C8H3BrF5NO2. The van der Waals surface area contributed by atoms with E-state index in [-0.39, 0.29) is 11.8 Å². The molecule has 1 aromatic heterocycles. The van der Waals surface area contributed by atoms with Crippen molar-refractivity contribution in [3.63, 3.8) is 0 Å². The second kappa shape index (κ2) is 4.94. The molecule has 3 nitrogen and oxygen atoms in total. The van der Waals surface area contributed by atoms with E-state index in [1.807, 2.05) is 0 Å². The number of alkyl halides is 5. The van der Waals surface area contributed by atoms with Crippen molar-refractivity contribution in [1.29, 1.82) is 0 Å². The molecule has 0 fully saturated rings. The number of rotatable bonds is 3. The number of carbonyl (C=O) groups excluding carboxylic acids is 1. The van der Waals surface area contributed by atoms with Crippen molar-refractivity contribution < 1.29 is 31.5 Å². The predicted octanol–water partition coefficient (Wildman–Crippen LogP) is 3.49. The molecule has 17 heavy (non-hydrogen) atoms. The van der Waals surface area contributed by atoms with Crippen LogP contribution in [0.3, 0.4) is 0 Å². The van der Waals surface area contributed by atoms with Crippen LogP contribution in [-0.2, 0) is 0 Å². The van der Waals surface area contributed by atoms with Crippen molar-refractivity contribution in [3.8, 4) is 5.88 Å². The number of pyridine rings is 1. The van der Waals surface area contributed by atoms with E-state index in [0.29, 0.717) is 6.20 Å². The van der Waals surface area contributed by atoms with Crippen molar-refractivity contribution in [1.82, 2.24) is 4.98 Å². The van der Waals surface area contributed by atoms with Crippen LogP contribution < -0.4 is 4.74 Å². The summed E-state index contributed by atoms with van der Waals surface area (Å²) in [7, 11) is 0. The molecule has 0 N–H and O–H groups in total. The maximum Gasteiger partial charge on any atom is 0.574 e. The molecule has 0 saturated heterocycles. The van der Waals surface area contributed by atoms with Gasteiger partial charge in [-0.1, -0.05) is 0 Å². The zero-order valence-corrected chi connectivity index (χ0v) is 9.35. The molecule has 9 heteroatoms. The zero-order valence-electron chi connectivity index (χ0n) is 7.76. The van der Waals surface area contributed by atoms with Gasteiger partial charge in [0.15, 0.2) is 6.29 Å². The Morgan fingerprint density at radius 3 is 2.41 bits per heavy atom. The Labute approximate surface area is 99.7 Å². The Morgan fingerprint density at radius 2 is 2.00 bits per heavy atom. The quantitative estimate of drug-likeness (QED) is 0.632. The zero-order chi connectivity index (χ0) is 13.2. The third-order valence-electron chi connectivity index (χ3n) is 1.60. The topological polar surface area (TPSA) is 39.2 Å². The Bertz CT molecular complexity index is 435. The van der Waals surface area contributed by atoms with Crippen LogP contribution in [0.5, 0.6) is 5.88 Å². The first kappa shape index (κ1) is 13.8. The average molecular weight is 320 g/mol. The summed E-state index contributed by atoms with van der Waals surface area (Å²) in [5.74, 6) is -1.29. The molecule has 0 unspecified atom stereocenters. The fourth-order valence-corrected chi connectivity index (χ4v) is 1.50. The Hall–Kier alpha value is -1.25. The van der Waals surface area contributed by atoms with E-state index >= 15 is 0 Å². The molecular weight excluding hydrogens is 317 g/mol. The highest BCUT2D eigenvalue weighted by atomic mass is 79.9. The summed E-state index contributed by atoms with van der Waals surface area (Å²) < 4.78 is 63.7. The van der Waals surface area contributed by atoms with Gasteiger partial charge in [-0.25, -0.2) is 13.8 Å². The van der Waals surface area contributed by atoms with Gasteiger partial charge in [0.05, 0.1) is 5.56 Å². The van der Waals surface area contributed by atoms with E-state index in [1.165, 1.54) is 0 Å². The van der Waals surface area contributed by atoms with Crippen LogP contribution >= 0.6 is 15.9 Å². The molecule has 0 radical (unpaired) electrons. The van der Waals surface area contributed by atoms with Crippen molar-refractivity contribution >= 4 is 22.2 Å². The van der Waals surface area contributed by atoms with Gasteiger partial charge in [-0.2, -0.15) is 0 Å². The summed E-state index contributed by atoms with van der Waals surface area (Å²) in [6.07, 6.45) is -7.53. The summed E-state index contributed by atoms with van der Waals surface area (Å²) in [6.45, 7) is 0. The lowest BCUT2D eigenvalue weighted by Crippen LogP contribution is -2.19. The number of carbonyl (C=O) groups is 1. The number of aromatic nitrogens is 1. The highest BCUT2D eigenvalue weighted by Crippen LogP contribution is 2.37. The lowest BCUT2D eigenvalue weighted by atomic mass is 10.2. The SMILES string of the molecule is O=Cc1cnc(OC(F)(F)F)c(C(F)F)c1Br. The third kappa shape index (κ3) is 3.35. The fraction of sp³-hybridized carbons (Fsp3) is 0.250. The molecule has 1 aromatic rings. The molecule has 0 spiro atoms. The van der Waals surface area contributed by atoms with E-state index in [4.69, 9.17) is 0 Å². The van der Waals surface area contributed by atoms with Gasteiger partial charge in [-0.15, -0.1) is 13.2 Å². The molecule has 0 amide bonds. The second-order valence-corrected chi connectivity index (χ2v) is 3.51. The van der Waals surface area contributed by atoms with Crippen LogP contribution in [0.2, 0.25) is 0 Å². The molecule has 0 saturated carbocycles. The minimum absolute atomic E-state index is 0.181. The molecule has 0 aliphatic heterocycles. The third-order valence-corrected chi connectivity index (χ3v) is 2.48. The number of halogens is 6. The number of ether oxygens (including phenoxy) is 1. The summed E-state index contributed by atoms with van der Waals surface area (Å²) in [5.41, 5.74) is -1.42. The first-order valence-electron chi connectivity index (χ1n) is 3.93. The molecule has 1 heterocycles. The Kier molecular flexibility index (Phi) is 4.02. The lowest BCUT2D eigenvalue weighted by molar-refractivity contribution is -0.276. The first-order chi connectivity index (χ1) is 7.76. The van der Waals surface area contributed by atoms with Gasteiger partial charge in [-0.3, -0.25) is 4.79 Å². The smallest absolute Gasteiger partial charge is 0.387 e. The minimum Gasteiger partial charge on any atom is -0.387 e. The molecule has 0 aromatic carbocycles. The van der Waals surface area contributed by atoms with Crippen LogP contribution in [0, 0.1) is 0 Å². The van der Waals surface area contributed by atoms with Crippen LogP contribution in [0.25, 0.3) is 0 Å². The summed E-state index contributed by atoms with van der Waals surface area (Å²) in [5, 5.41) is 0. The van der Waals surface area contributed by atoms with E-state index in [1.54, 1.807) is 0 Å². The molecule has 0 aliphatic carbocycles. The highest BCUT2D eigenvalue weighted by molar-refractivity contribution is 9.10. The van der Waals surface area contributed by atoms with Gasteiger partial charge < -0.3 is 4.74 Å². The number of hydrogen-bond donors (Lipinski definition) is 0. The highest BCUT2D eigenvalue weighted by Gasteiger charge is 2.35. The number of aldehydes is 1. The van der Waals surface area contributed by atoms with Crippen molar-refractivity contribution in [2.24, 2.45) is 0 Å². The predicted molar refractivity (Wildman–Crippen MR) is 49.0 cm³/mol. The first-order valence-corrected chi connectivity index (χ1v) is 4.73. The van der Waals surface area contributed by atoms with E-state index < -0.39 is 28.7 Å². The molecule has 1 rings (SSSR count). The van der Waals surface area contributed by atoms with Gasteiger partial charge >= 0.3 is 6.36 Å². The van der Waals surface area contributed by atoms with Gasteiger partial charge in [0.1, 0.15) is 0 Å². The minimum atomic E-state index is -5.14. The summed E-state index contributed by atoms with van der Waals surface area (Å²) in [6, 6.07) is 0. The van der Waals surface area contributed by atoms with Gasteiger partial charge in [0, 0.05) is 16.2 Å². The molecule has 0 bridgehead atoms. The maximum atomic E-state index is 12.5. The van der Waals surface area contributed by atoms with Gasteiger partial charge in [0.25, 0.3) is 6.43 Å². The van der Waals surface area contributed by atoms with Gasteiger partial charge in [0.2, 0.25) is 5.88 Å². The standard InChI is InChI=1S/C8H3BrF5NO2/c9-5-3(2-16)1-15-7(4(5)6(10)11)17-8(12,13)14/h1-2,6H. The van der Waals surface area contributed by atoms with Crippen LogP contribution in [0.1, 0.15) is 22.3 Å². The van der Waals surface area contributed by atoms with E-state index in [0.717, 1.165) is 0 Å². The molecule has 0 atom stereocenters. The second-order valence-electron chi connectivity index (χ2n) is 2.71. The Morgan fingerprint density at radius 1 is 1.41 bits per heavy atom. The average Bonchev–Trinajstić information content (AvgIpc) is 2.14. The van der Waals surface area contributed by atoms with Crippen LogP contribution in [0.4, 0.5) is 22.0 Å². The van der Waals surface area contributed by atoms with Gasteiger partial charge in [-0.05, 0) is 15.9 Å². The largest absolute Gasteiger partial charge is 0.574 e. The fourth-order valence-electron chi connectivity index (χ4n) is 0.966. The maximum absolute atomic E-state index is 12.5. The van der Waals surface area contributed by atoms with Crippen molar-refractivity contribution in [2.45, 2.75) is 12.8 Å². The van der Waals surface area contributed by atoms with E-state index in [2.05, 4.69) is 25.7 Å². The normalized spacial score (nSPS) is 11.7. The number of nitrogens with zero attached hydrogens (tertiary/aromatic N) is 1. The number of hydrogen-bond acceptors (Lipinski definition) is 3. The van der Waals surface area contributed by atoms with Crippen LogP contribution in [0.15, 0.2) is 10.7 Å². The van der Waals surface area contributed by atoms with Crippen LogP contribution in [-0.4, -0.2) is 17.6 Å². The van der Waals surface area contributed by atoms with E-state index in [9.17, 15) is 26.7 Å². The molecule has 94 valence electrons. The Balaban J connectivity index is 3.31.